The first-order chi connectivity index (χ1) is 10.0. The number of rotatable bonds is 9. The average molecular weight is 320 g/mol. The Kier molecular flexibility index (Phi) is 10.1. The van der Waals surface area contributed by atoms with Crippen molar-refractivity contribution < 1.29 is 33.3 Å². The van der Waals surface area contributed by atoms with Crippen LogP contribution < -0.4 is 0 Å². The van der Waals surface area contributed by atoms with E-state index in [1.807, 2.05) is 0 Å². The lowest BCUT2D eigenvalue weighted by Crippen LogP contribution is -2.21. The van der Waals surface area contributed by atoms with E-state index in [1.165, 1.54) is 7.11 Å². The first-order valence-electron chi connectivity index (χ1n) is 6.42. The van der Waals surface area contributed by atoms with E-state index >= 15 is 0 Å². The second-order valence-corrected chi connectivity index (χ2v) is 4.35. The highest BCUT2D eigenvalue weighted by molar-refractivity contribution is 8.03. The van der Waals surface area contributed by atoms with Gasteiger partial charge in [0, 0.05) is 0 Å². The lowest BCUT2D eigenvalue weighted by atomic mass is 10.3. The summed E-state index contributed by atoms with van der Waals surface area (Å²) in [6.45, 7) is 5.33. The van der Waals surface area contributed by atoms with Crippen molar-refractivity contribution in [1.82, 2.24) is 0 Å². The standard InChI is InChI=1S/C13H20O7S/c1-5-18-11(15)10(12(16)19-6-2)13(20-7-3)21-8-9(14)17-4/h5-8H2,1-4H3. The summed E-state index contributed by atoms with van der Waals surface area (Å²) in [5.41, 5.74) is -0.352. The number of hydrogen-bond acceptors (Lipinski definition) is 8. The first-order valence-corrected chi connectivity index (χ1v) is 7.41. The van der Waals surface area contributed by atoms with E-state index in [1.54, 1.807) is 20.8 Å². The highest BCUT2D eigenvalue weighted by Gasteiger charge is 2.28. The van der Waals surface area contributed by atoms with Gasteiger partial charge in [-0.15, -0.1) is 0 Å². The summed E-state index contributed by atoms with van der Waals surface area (Å²) >= 11 is 0.876. The molecule has 0 aliphatic carbocycles. The normalized spacial score (nSPS) is 9.52. The number of carbonyl (C=O) groups excluding carboxylic acids is 3. The molecule has 0 aliphatic rings. The van der Waals surface area contributed by atoms with Crippen LogP contribution in [0.5, 0.6) is 0 Å². The molecule has 0 unspecified atom stereocenters. The van der Waals surface area contributed by atoms with Gasteiger partial charge in [0.15, 0.2) is 10.7 Å². The topological polar surface area (TPSA) is 88.1 Å². The van der Waals surface area contributed by atoms with E-state index in [0.717, 1.165) is 11.8 Å². The van der Waals surface area contributed by atoms with Gasteiger partial charge in [0.2, 0.25) is 0 Å². The van der Waals surface area contributed by atoms with Gasteiger partial charge in [0.1, 0.15) is 0 Å². The molecule has 0 aromatic heterocycles. The molecule has 7 nitrogen and oxygen atoms in total. The van der Waals surface area contributed by atoms with Crippen molar-refractivity contribution in [2.75, 3.05) is 32.7 Å². The minimum absolute atomic E-state index is 0.0141. The van der Waals surface area contributed by atoms with Crippen LogP contribution in [0.3, 0.4) is 0 Å². The SMILES string of the molecule is CCOC(=O)C(C(=O)OCC)=C(OCC)SCC(=O)OC. The van der Waals surface area contributed by atoms with Crippen molar-refractivity contribution in [3.05, 3.63) is 10.7 Å². The van der Waals surface area contributed by atoms with E-state index in [0.29, 0.717) is 0 Å². The molecule has 0 fully saturated rings. The van der Waals surface area contributed by atoms with E-state index in [2.05, 4.69) is 4.74 Å². The van der Waals surface area contributed by atoms with Crippen LogP contribution in [-0.4, -0.2) is 50.6 Å². The van der Waals surface area contributed by atoms with Gasteiger partial charge < -0.3 is 18.9 Å². The van der Waals surface area contributed by atoms with Crippen LogP contribution in [0.2, 0.25) is 0 Å². The Morgan fingerprint density at radius 2 is 1.33 bits per heavy atom. The summed E-state index contributed by atoms with van der Waals surface area (Å²) < 4.78 is 19.4. The predicted octanol–water partition coefficient (Wildman–Crippen LogP) is 1.27. The Bertz CT molecular complexity index is 383. The van der Waals surface area contributed by atoms with Crippen molar-refractivity contribution in [3.8, 4) is 0 Å². The Morgan fingerprint density at radius 1 is 0.857 bits per heavy atom. The lowest BCUT2D eigenvalue weighted by Gasteiger charge is -2.13. The van der Waals surface area contributed by atoms with Crippen LogP contribution in [-0.2, 0) is 33.3 Å². The molecular weight excluding hydrogens is 300 g/mol. The fourth-order valence-electron chi connectivity index (χ4n) is 1.16. The second-order valence-electron chi connectivity index (χ2n) is 3.40. The molecule has 0 heterocycles. The van der Waals surface area contributed by atoms with Crippen LogP contribution in [0.15, 0.2) is 10.7 Å². The summed E-state index contributed by atoms with van der Waals surface area (Å²) in [4.78, 5) is 35.0. The van der Waals surface area contributed by atoms with Crippen molar-refractivity contribution in [2.24, 2.45) is 0 Å². The van der Waals surface area contributed by atoms with Gasteiger partial charge in [0.05, 0.1) is 32.7 Å². The van der Waals surface area contributed by atoms with Gasteiger partial charge in [-0.1, -0.05) is 11.8 Å². The highest BCUT2D eigenvalue weighted by Crippen LogP contribution is 2.23. The molecule has 21 heavy (non-hydrogen) atoms. The predicted molar refractivity (Wildman–Crippen MR) is 76.4 cm³/mol. The molecule has 0 spiro atoms. The fourth-order valence-corrected chi connectivity index (χ4v) is 2.04. The monoisotopic (exact) mass is 320 g/mol. The van der Waals surface area contributed by atoms with Crippen molar-refractivity contribution in [1.29, 1.82) is 0 Å². The van der Waals surface area contributed by atoms with Crippen LogP contribution in [0, 0.1) is 0 Å². The molecule has 0 rings (SSSR count). The summed E-state index contributed by atoms with van der Waals surface area (Å²) in [6, 6.07) is 0. The van der Waals surface area contributed by atoms with Gasteiger partial charge in [-0.2, -0.15) is 0 Å². The van der Waals surface area contributed by atoms with Gasteiger partial charge in [-0.25, -0.2) is 9.59 Å². The number of hydrogen-bond donors (Lipinski definition) is 0. The molecule has 0 saturated carbocycles. The maximum atomic E-state index is 11.9. The van der Waals surface area contributed by atoms with E-state index < -0.39 is 17.9 Å². The molecule has 0 aromatic rings. The molecule has 0 N–H and O–H groups in total. The Balaban J connectivity index is 5.39. The van der Waals surface area contributed by atoms with Crippen LogP contribution >= 0.6 is 11.8 Å². The smallest absolute Gasteiger partial charge is 0.350 e. The van der Waals surface area contributed by atoms with Crippen LogP contribution in [0.4, 0.5) is 0 Å². The summed E-state index contributed by atoms with van der Waals surface area (Å²) in [6.07, 6.45) is 0. The zero-order valence-corrected chi connectivity index (χ0v) is 13.4. The quantitative estimate of drug-likeness (QED) is 0.157. The van der Waals surface area contributed by atoms with Crippen LogP contribution in [0.1, 0.15) is 20.8 Å². The van der Waals surface area contributed by atoms with E-state index in [9.17, 15) is 14.4 Å². The Labute approximate surface area is 127 Å². The third-order valence-electron chi connectivity index (χ3n) is 1.99. The molecule has 0 bridgehead atoms. The number of thioether (sulfide) groups is 1. The zero-order valence-electron chi connectivity index (χ0n) is 12.6. The number of ether oxygens (including phenoxy) is 4. The van der Waals surface area contributed by atoms with Crippen molar-refractivity contribution in [2.45, 2.75) is 20.8 Å². The second kappa shape index (κ2) is 11.0. The molecule has 0 amide bonds. The Morgan fingerprint density at radius 3 is 1.71 bits per heavy atom. The minimum atomic E-state index is -0.850. The Hall–Kier alpha value is -1.70. The molecule has 0 aromatic carbocycles. The van der Waals surface area contributed by atoms with Gasteiger partial charge in [-0.3, -0.25) is 4.79 Å². The maximum absolute atomic E-state index is 11.9. The fraction of sp³-hybridized carbons (Fsp3) is 0.615. The number of esters is 3. The van der Waals surface area contributed by atoms with Crippen molar-refractivity contribution in [3.63, 3.8) is 0 Å². The highest BCUT2D eigenvalue weighted by atomic mass is 32.2. The molecular formula is C13H20O7S. The summed E-state index contributed by atoms with van der Waals surface area (Å²) in [5.74, 6) is -2.31. The third kappa shape index (κ3) is 7.03. The maximum Gasteiger partial charge on any atom is 0.350 e. The van der Waals surface area contributed by atoms with Crippen LogP contribution in [0.25, 0.3) is 0 Å². The van der Waals surface area contributed by atoms with Crippen molar-refractivity contribution >= 4 is 29.7 Å². The molecule has 0 aliphatic heterocycles. The number of methoxy groups -OCH3 is 1. The molecule has 0 saturated heterocycles. The van der Waals surface area contributed by atoms with E-state index in [-0.39, 0.29) is 36.2 Å². The molecule has 0 radical (unpaired) electrons. The molecule has 8 heteroatoms. The molecule has 120 valence electrons. The zero-order chi connectivity index (χ0) is 16.3. The summed E-state index contributed by atoms with van der Waals surface area (Å²) in [7, 11) is 1.24. The first kappa shape index (κ1) is 19.3. The van der Waals surface area contributed by atoms with Gasteiger partial charge >= 0.3 is 17.9 Å². The van der Waals surface area contributed by atoms with Gasteiger partial charge in [0.25, 0.3) is 0 Å². The lowest BCUT2D eigenvalue weighted by molar-refractivity contribution is -0.147. The molecule has 0 atom stereocenters. The largest absolute Gasteiger partial charge is 0.486 e. The van der Waals surface area contributed by atoms with E-state index in [4.69, 9.17) is 14.2 Å². The number of carbonyl (C=O) groups is 3. The third-order valence-corrected chi connectivity index (χ3v) is 2.95. The average Bonchev–Trinajstić information content (AvgIpc) is 2.45. The summed E-state index contributed by atoms with van der Waals surface area (Å²) in [5, 5.41) is -0.0141. The van der Waals surface area contributed by atoms with Gasteiger partial charge in [-0.05, 0) is 20.8 Å². The minimum Gasteiger partial charge on any atom is -0.486 e.